The second kappa shape index (κ2) is 9.76. The number of carbonyl (C=O) groups is 1. The van der Waals surface area contributed by atoms with Crippen LogP contribution in [0.1, 0.15) is 40.4 Å². The van der Waals surface area contributed by atoms with E-state index < -0.39 is 0 Å². The maximum atomic E-state index is 13.7. The van der Waals surface area contributed by atoms with Gasteiger partial charge in [-0.25, -0.2) is 9.07 Å². The summed E-state index contributed by atoms with van der Waals surface area (Å²) in [5.74, 6) is 0.0368. The molecule has 0 atom stereocenters. The highest BCUT2D eigenvalue weighted by Crippen LogP contribution is 2.33. The molecule has 0 radical (unpaired) electrons. The number of anilines is 1. The molecule has 3 aromatic rings. The van der Waals surface area contributed by atoms with Crippen molar-refractivity contribution in [1.82, 2.24) is 20.0 Å². The summed E-state index contributed by atoms with van der Waals surface area (Å²) in [4.78, 5) is 17.8. The topological polar surface area (TPSA) is 53.4 Å². The molecule has 1 N–H and O–H groups in total. The molecule has 2 aliphatic rings. The van der Waals surface area contributed by atoms with Crippen molar-refractivity contribution in [1.29, 1.82) is 0 Å². The van der Waals surface area contributed by atoms with Gasteiger partial charge < -0.3 is 15.1 Å². The molecule has 0 bridgehead atoms. The van der Waals surface area contributed by atoms with Gasteiger partial charge in [0.05, 0.1) is 23.1 Å². The van der Waals surface area contributed by atoms with E-state index in [-0.39, 0.29) is 17.6 Å². The first kappa shape index (κ1) is 22.9. The van der Waals surface area contributed by atoms with Crippen LogP contribution in [0, 0.1) is 12.7 Å². The highest BCUT2D eigenvalue weighted by Gasteiger charge is 2.31. The molecule has 0 unspecified atom stereocenters. The average Bonchev–Trinajstić information content (AvgIpc) is 3.31. The van der Waals surface area contributed by atoms with Crippen LogP contribution in [0.2, 0.25) is 5.02 Å². The van der Waals surface area contributed by atoms with Crippen molar-refractivity contribution >= 4 is 23.2 Å². The monoisotopic (exact) mass is 481 g/mol. The molecule has 5 rings (SSSR count). The summed E-state index contributed by atoms with van der Waals surface area (Å²) >= 11 is 6.41. The highest BCUT2D eigenvalue weighted by atomic mass is 35.5. The highest BCUT2D eigenvalue weighted by molar-refractivity contribution is 6.31. The Morgan fingerprint density at radius 1 is 1.06 bits per heavy atom. The zero-order chi connectivity index (χ0) is 23.7. The van der Waals surface area contributed by atoms with E-state index in [1.807, 2.05) is 34.7 Å². The summed E-state index contributed by atoms with van der Waals surface area (Å²) in [6, 6.07) is 12.3. The second-order valence-electron chi connectivity index (χ2n) is 9.02. The smallest absolute Gasteiger partial charge is 0.257 e. The average molecular weight is 482 g/mol. The van der Waals surface area contributed by atoms with Crippen LogP contribution in [0.25, 0.3) is 5.69 Å². The molecule has 0 aliphatic carbocycles. The SMILES string of the molecule is Cc1c(Cl)cccc1-n1ncc(C(=O)N2CCN(c3ccc(F)cc3)CC2)c1C1CCNCC1. The van der Waals surface area contributed by atoms with Crippen LogP contribution < -0.4 is 10.2 Å². The van der Waals surface area contributed by atoms with Gasteiger partial charge in [-0.3, -0.25) is 4.79 Å². The standard InChI is InChI=1S/C26H29ClFN5O/c1-18-23(27)3-2-4-24(18)33-25(19-9-11-29-12-10-19)22(17-30-33)26(34)32-15-13-31(14-16-32)21-7-5-20(28)6-8-21/h2-8,17,19,29H,9-16H2,1H3. The van der Waals surface area contributed by atoms with Crippen molar-refractivity contribution < 1.29 is 9.18 Å². The molecule has 1 amide bonds. The van der Waals surface area contributed by atoms with Gasteiger partial charge in [-0.1, -0.05) is 17.7 Å². The van der Waals surface area contributed by atoms with Crippen molar-refractivity contribution in [3.63, 3.8) is 0 Å². The Bertz CT molecular complexity index is 1160. The van der Waals surface area contributed by atoms with Gasteiger partial charge in [-0.2, -0.15) is 5.10 Å². The maximum absolute atomic E-state index is 13.7. The van der Waals surface area contributed by atoms with Gasteiger partial charge in [-0.15, -0.1) is 0 Å². The second-order valence-corrected chi connectivity index (χ2v) is 9.43. The zero-order valence-electron chi connectivity index (χ0n) is 19.3. The molecule has 8 heteroatoms. The number of nitrogens with zero attached hydrogens (tertiary/aromatic N) is 4. The number of amides is 1. The van der Waals surface area contributed by atoms with Gasteiger partial charge >= 0.3 is 0 Å². The van der Waals surface area contributed by atoms with E-state index in [2.05, 4.69) is 10.2 Å². The van der Waals surface area contributed by atoms with E-state index in [9.17, 15) is 9.18 Å². The summed E-state index contributed by atoms with van der Waals surface area (Å²) < 4.78 is 15.2. The lowest BCUT2D eigenvalue weighted by Gasteiger charge is -2.36. The van der Waals surface area contributed by atoms with Gasteiger partial charge in [-0.05, 0) is 74.8 Å². The molecule has 3 heterocycles. The molecule has 178 valence electrons. The minimum atomic E-state index is -0.241. The summed E-state index contributed by atoms with van der Waals surface area (Å²) in [6.07, 6.45) is 3.65. The lowest BCUT2D eigenvalue weighted by molar-refractivity contribution is 0.0744. The van der Waals surface area contributed by atoms with Crippen LogP contribution in [0.3, 0.4) is 0 Å². The first-order valence-corrected chi connectivity index (χ1v) is 12.2. The largest absolute Gasteiger partial charge is 0.368 e. The number of nitrogens with one attached hydrogen (secondary N) is 1. The van der Waals surface area contributed by atoms with E-state index in [0.717, 1.165) is 48.6 Å². The number of hydrogen-bond donors (Lipinski definition) is 1. The first-order chi connectivity index (χ1) is 16.5. The van der Waals surface area contributed by atoms with Crippen molar-refractivity contribution in [2.75, 3.05) is 44.2 Å². The number of carbonyl (C=O) groups excluding carboxylic acids is 1. The fourth-order valence-corrected chi connectivity index (χ4v) is 5.19. The number of hydrogen-bond acceptors (Lipinski definition) is 4. The molecule has 6 nitrogen and oxygen atoms in total. The summed E-state index contributed by atoms with van der Waals surface area (Å²) in [6.45, 7) is 6.49. The first-order valence-electron chi connectivity index (χ1n) is 11.9. The summed E-state index contributed by atoms with van der Waals surface area (Å²) in [5.41, 5.74) is 4.52. The normalized spacial score (nSPS) is 17.3. The van der Waals surface area contributed by atoms with Gasteiger partial charge in [0, 0.05) is 42.8 Å². The Kier molecular flexibility index (Phi) is 6.57. The van der Waals surface area contributed by atoms with Crippen molar-refractivity contribution in [3.05, 3.63) is 76.3 Å². The number of piperazine rings is 1. The van der Waals surface area contributed by atoms with Crippen LogP contribution in [-0.2, 0) is 0 Å². The van der Waals surface area contributed by atoms with Crippen molar-refractivity contribution in [2.45, 2.75) is 25.7 Å². The molecule has 1 aromatic heterocycles. The lowest BCUT2D eigenvalue weighted by Crippen LogP contribution is -2.49. The summed E-state index contributed by atoms with van der Waals surface area (Å²) in [5, 5.41) is 8.80. The van der Waals surface area contributed by atoms with Crippen LogP contribution in [0.15, 0.2) is 48.7 Å². The van der Waals surface area contributed by atoms with Crippen LogP contribution >= 0.6 is 11.6 Å². The van der Waals surface area contributed by atoms with E-state index >= 15 is 0 Å². The number of piperidine rings is 1. The molecule has 2 aliphatic heterocycles. The van der Waals surface area contributed by atoms with E-state index in [1.165, 1.54) is 12.1 Å². The van der Waals surface area contributed by atoms with Crippen molar-refractivity contribution in [2.24, 2.45) is 0 Å². The van der Waals surface area contributed by atoms with Gasteiger partial charge in [0.2, 0.25) is 0 Å². The molecule has 34 heavy (non-hydrogen) atoms. The van der Waals surface area contributed by atoms with E-state index in [0.29, 0.717) is 36.8 Å². The van der Waals surface area contributed by atoms with Crippen LogP contribution in [-0.4, -0.2) is 59.9 Å². The Morgan fingerprint density at radius 3 is 2.47 bits per heavy atom. The van der Waals surface area contributed by atoms with E-state index in [1.54, 1.807) is 18.3 Å². The fourth-order valence-electron chi connectivity index (χ4n) is 5.02. The number of aromatic nitrogens is 2. The zero-order valence-corrected chi connectivity index (χ0v) is 20.1. The summed E-state index contributed by atoms with van der Waals surface area (Å²) in [7, 11) is 0. The Morgan fingerprint density at radius 2 is 1.76 bits per heavy atom. The number of halogens is 2. The molecule has 2 aromatic carbocycles. The minimum absolute atomic E-state index is 0.0261. The third-order valence-electron chi connectivity index (χ3n) is 6.99. The van der Waals surface area contributed by atoms with Gasteiger partial charge in [0.1, 0.15) is 5.82 Å². The molecule has 0 saturated carbocycles. The van der Waals surface area contributed by atoms with Gasteiger partial charge in [0.25, 0.3) is 5.91 Å². The third kappa shape index (κ3) is 4.42. The van der Waals surface area contributed by atoms with E-state index in [4.69, 9.17) is 16.7 Å². The fraction of sp³-hybridized carbons (Fsp3) is 0.385. The Hall–Kier alpha value is -2.90. The van der Waals surface area contributed by atoms with Crippen LogP contribution in [0.5, 0.6) is 0 Å². The maximum Gasteiger partial charge on any atom is 0.257 e. The molecule has 2 fully saturated rings. The minimum Gasteiger partial charge on any atom is -0.368 e. The lowest BCUT2D eigenvalue weighted by atomic mass is 9.91. The number of rotatable bonds is 4. The molecule has 2 saturated heterocycles. The quantitative estimate of drug-likeness (QED) is 0.600. The third-order valence-corrected chi connectivity index (χ3v) is 7.40. The Labute approximate surface area is 204 Å². The number of benzene rings is 2. The predicted molar refractivity (Wildman–Crippen MR) is 133 cm³/mol. The molecular formula is C26H29ClFN5O. The molecular weight excluding hydrogens is 453 g/mol. The van der Waals surface area contributed by atoms with Gasteiger partial charge in [0.15, 0.2) is 0 Å². The Balaban J connectivity index is 1.42. The van der Waals surface area contributed by atoms with Crippen molar-refractivity contribution in [3.8, 4) is 5.69 Å². The molecule has 0 spiro atoms. The van der Waals surface area contributed by atoms with Crippen LogP contribution in [0.4, 0.5) is 10.1 Å². The predicted octanol–water partition coefficient (Wildman–Crippen LogP) is 4.40.